The van der Waals surface area contributed by atoms with Crippen molar-refractivity contribution in [3.05, 3.63) is 0 Å². The van der Waals surface area contributed by atoms with E-state index < -0.39 is 16.5 Å². The van der Waals surface area contributed by atoms with Crippen molar-refractivity contribution in [1.29, 1.82) is 0 Å². The van der Waals surface area contributed by atoms with Crippen LogP contribution in [0.4, 0.5) is 0 Å². The number of hydrogen-bond acceptors (Lipinski definition) is 5. The summed E-state index contributed by atoms with van der Waals surface area (Å²) in [6, 6.07) is 0. The molecule has 0 heterocycles. The Morgan fingerprint density at radius 1 is 1.08 bits per heavy atom. The monoisotopic (exact) mass is 280 g/mol. The van der Waals surface area contributed by atoms with Crippen molar-refractivity contribution in [2.75, 3.05) is 11.8 Å². The third kappa shape index (κ3) is 29.7. The summed E-state index contributed by atoms with van der Waals surface area (Å²) >= 11 is 10.1. The maximum absolute atomic E-state index is 9.24. The molecule has 0 aromatic heterocycles. The van der Waals surface area contributed by atoms with Crippen LogP contribution in [0.25, 0.3) is 0 Å². The zero-order valence-corrected chi connectivity index (χ0v) is 11.3. The standard InChI is InChI=1S/C2H4Cl2.Ca.O5P2/c3-1-2-4;;1-6(2)5-7(3)4/h1-2H2;;/q;+2;. The van der Waals surface area contributed by atoms with Gasteiger partial charge in [-0.25, -0.2) is 0 Å². The molecule has 0 saturated heterocycles. The molecule has 0 radical (unpaired) electrons. The molecule has 0 aliphatic carbocycles. The molecule has 0 aromatic rings. The Morgan fingerprint density at radius 3 is 1.33 bits per heavy atom. The molecule has 0 fully saturated rings. The van der Waals surface area contributed by atoms with Crippen molar-refractivity contribution in [1.82, 2.24) is 0 Å². The first-order valence-corrected chi connectivity index (χ1v) is 5.39. The summed E-state index contributed by atoms with van der Waals surface area (Å²) in [4.78, 5) is 18.5. The second-order valence-electron chi connectivity index (χ2n) is 0.907. The van der Waals surface area contributed by atoms with Crippen LogP contribution in [0.2, 0.25) is 0 Å². The van der Waals surface area contributed by atoms with Crippen molar-refractivity contribution in [3.63, 3.8) is 0 Å². The van der Waals surface area contributed by atoms with Crippen LogP contribution in [0.1, 0.15) is 0 Å². The summed E-state index contributed by atoms with van der Waals surface area (Å²) in [6.45, 7) is 0. The van der Waals surface area contributed by atoms with Crippen molar-refractivity contribution in [2.45, 2.75) is 0 Å². The van der Waals surface area contributed by atoms with Crippen molar-refractivity contribution in [2.24, 2.45) is 0 Å². The van der Waals surface area contributed by atoms with E-state index in [2.05, 4.69) is 4.31 Å². The molecule has 66 valence electrons. The predicted molar refractivity (Wildman–Crippen MR) is 43.5 cm³/mol. The second kappa shape index (κ2) is 15.4. The normalized spacial score (nSPS) is 10.3. The molecule has 5 nitrogen and oxygen atoms in total. The van der Waals surface area contributed by atoms with Gasteiger partial charge in [-0.1, -0.05) is 0 Å². The Labute approximate surface area is 111 Å². The van der Waals surface area contributed by atoms with Gasteiger partial charge in [0, 0.05) is 11.8 Å². The van der Waals surface area contributed by atoms with Gasteiger partial charge in [0.05, 0.1) is 0 Å². The minimum Gasteiger partial charge on any atom is -0.563 e. The summed E-state index contributed by atoms with van der Waals surface area (Å²) < 4.78 is 21.6. The van der Waals surface area contributed by atoms with Crippen LogP contribution >= 0.6 is 39.7 Å². The molecule has 0 N–H and O–H groups in total. The van der Waals surface area contributed by atoms with Gasteiger partial charge in [-0.15, -0.1) is 23.2 Å². The SMILES string of the molecule is ClCCCl.O=[P+]([O-])O[P+](=O)[O-].[Ca+2]. The van der Waals surface area contributed by atoms with Crippen LogP contribution in [0.15, 0.2) is 0 Å². The third-order valence-corrected chi connectivity index (χ3v) is 1.84. The molecular formula is C2H4CaCl2O5P2+2. The van der Waals surface area contributed by atoms with E-state index in [1.54, 1.807) is 0 Å². The first kappa shape index (κ1) is 19.5. The van der Waals surface area contributed by atoms with E-state index >= 15 is 0 Å². The van der Waals surface area contributed by atoms with E-state index in [1.807, 2.05) is 0 Å². The molecule has 0 aromatic carbocycles. The van der Waals surface area contributed by atoms with Gasteiger partial charge in [0.25, 0.3) is 0 Å². The van der Waals surface area contributed by atoms with E-state index in [-0.39, 0.29) is 37.7 Å². The van der Waals surface area contributed by atoms with Crippen LogP contribution < -0.4 is 9.79 Å². The molecule has 12 heavy (non-hydrogen) atoms. The first-order valence-electron chi connectivity index (χ1n) is 2.13. The summed E-state index contributed by atoms with van der Waals surface area (Å²) in [5.41, 5.74) is 0. The molecule has 2 atom stereocenters. The number of rotatable bonds is 3. The minimum absolute atomic E-state index is 0. The molecule has 2 unspecified atom stereocenters. The van der Waals surface area contributed by atoms with E-state index in [9.17, 15) is 18.9 Å². The van der Waals surface area contributed by atoms with Gasteiger partial charge in [-0.3, -0.25) is 0 Å². The van der Waals surface area contributed by atoms with Gasteiger partial charge in [-0.2, -0.15) is 0 Å². The quantitative estimate of drug-likeness (QED) is 0.416. The summed E-state index contributed by atoms with van der Waals surface area (Å²) in [5.74, 6) is 1.11. The van der Waals surface area contributed by atoms with Crippen LogP contribution in [0.3, 0.4) is 0 Å². The topological polar surface area (TPSA) is 89.5 Å². The summed E-state index contributed by atoms with van der Waals surface area (Å²) in [6.07, 6.45) is 0. The summed E-state index contributed by atoms with van der Waals surface area (Å²) in [7, 11) is -6.47. The average Bonchev–Trinajstić information content (AvgIpc) is 1.85. The van der Waals surface area contributed by atoms with Gasteiger partial charge < -0.3 is 9.79 Å². The van der Waals surface area contributed by atoms with Crippen molar-refractivity contribution < 1.29 is 23.2 Å². The molecule has 0 aliphatic heterocycles. The smallest absolute Gasteiger partial charge is 0.563 e. The maximum atomic E-state index is 9.24. The zero-order chi connectivity index (χ0) is 9.28. The Kier molecular flexibility index (Phi) is 25.0. The van der Waals surface area contributed by atoms with E-state index in [4.69, 9.17) is 23.2 Å². The second-order valence-corrected chi connectivity index (χ2v) is 3.21. The Hall–Kier alpha value is 1.92. The fraction of sp³-hybridized carbons (Fsp3) is 1.00. The molecule has 0 rings (SSSR count). The van der Waals surface area contributed by atoms with Crippen molar-refractivity contribution in [3.8, 4) is 0 Å². The molecule has 0 bridgehead atoms. The molecular weight excluding hydrogens is 277 g/mol. The predicted octanol–water partition coefficient (Wildman–Crippen LogP) is 0.122. The van der Waals surface area contributed by atoms with Crippen LogP contribution in [-0.2, 0) is 13.4 Å². The fourth-order valence-corrected chi connectivity index (χ4v) is 0.490. The third-order valence-electron chi connectivity index (χ3n) is 0.205. The zero-order valence-electron chi connectivity index (χ0n) is 5.81. The summed E-state index contributed by atoms with van der Waals surface area (Å²) in [5, 5.41) is 0. The maximum Gasteiger partial charge on any atom is 2.00 e. The Morgan fingerprint density at radius 2 is 1.33 bits per heavy atom. The van der Waals surface area contributed by atoms with Gasteiger partial charge in [0.15, 0.2) is 0 Å². The van der Waals surface area contributed by atoms with Crippen LogP contribution in [0.5, 0.6) is 0 Å². The molecule has 0 saturated carbocycles. The van der Waals surface area contributed by atoms with Crippen LogP contribution in [0, 0.1) is 0 Å². The Balaban J connectivity index is -0.000000142. The van der Waals surface area contributed by atoms with Gasteiger partial charge in [-0.05, 0) is 9.13 Å². The first-order chi connectivity index (χ1) is 5.04. The minimum atomic E-state index is -3.24. The number of halogens is 2. The van der Waals surface area contributed by atoms with Gasteiger partial charge in [0.1, 0.15) is 4.31 Å². The van der Waals surface area contributed by atoms with E-state index in [1.165, 1.54) is 0 Å². The molecule has 0 spiro atoms. The van der Waals surface area contributed by atoms with Gasteiger partial charge in [0.2, 0.25) is 0 Å². The largest absolute Gasteiger partial charge is 2.00 e. The Bertz CT molecular complexity index is 121. The fourth-order valence-electron chi connectivity index (χ4n) is 0.0544. The molecule has 0 aliphatic rings. The van der Waals surface area contributed by atoms with Crippen LogP contribution in [-0.4, -0.2) is 49.5 Å². The number of alkyl halides is 2. The molecule has 10 heteroatoms. The van der Waals surface area contributed by atoms with E-state index in [0.717, 1.165) is 0 Å². The number of hydrogen-bond donors (Lipinski definition) is 0. The van der Waals surface area contributed by atoms with Gasteiger partial charge >= 0.3 is 54.2 Å². The van der Waals surface area contributed by atoms with Crippen molar-refractivity contribution >= 4 is 77.4 Å². The molecule has 0 amide bonds. The average molecular weight is 281 g/mol. The van der Waals surface area contributed by atoms with E-state index in [0.29, 0.717) is 11.8 Å².